The number of nitrogens with one attached hydrogen (secondary N) is 2. The van der Waals surface area contributed by atoms with Gasteiger partial charge in [-0.25, -0.2) is 9.78 Å². The third-order valence-electron chi connectivity index (χ3n) is 2.33. The van der Waals surface area contributed by atoms with Gasteiger partial charge in [0.15, 0.2) is 0 Å². The Morgan fingerprint density at radius 3 is 3.00 bits per heavy atom. The van der Waals surface area contributed by atoms with E-state index < -0.39 is 0 Å². The minimum Gasteiger partial charge on any atom is -0.383 e. The van der Waals surface area contributed by atoms with Crippen molar-refractivity contribution >= 4 is 27.6 Å². The fourth-order valence-corrected chi connectivity index (χ4v) is 2.39. The van der Waals surface area contributed by atoms with Gasteiger partial charge in [-0.15, -0.1) is 11.3 Å². The molecule has 0 fully saturated rings. The molecular formula is C12H15N3O2S. The highest BCUT2D eigenvalue weighted by molar-refractivity contribution is 7.18. The number of rotatable bonds is 5. The van der Waals surface area contributed by atoms with Gasteiger partial charge in [-0.1, -0.05) is 12.1 Å². The van der Waals surface area contributed by atoms with Gasteiger partial charge < -0.3 is 15.4 Å². The minimum absolute atomic E-state index is 0.202. The fourth-order valence-electron chi connectivity index (χ4n) is 1.48. The first-order valence-electron chi connectivity index (χ1n) is 5.64. The second-order valence-corrected chi connectivity index (χ2v) is 4.79. The molecule has 2 amide bonds. The van der Waals surface area contributed by atoms with Crippen LogP contribution in [-0.2, 0) is 11.3 Å². The molecule has 0 spiro atoms. The zero-order valence-corrected chi connectivity index (χ0v) is 10.9. The van der Waals surface area contributed by atoms with Crippen LogP contribution in [-0.4, -0.2) is 31.3 Å². The zero-order chi connectivity index (χ0) is 12.8. The highest BCUT2D eigenvalue weighted by Gasteiger charge is 2.04. The zero-order valence-electron chi connectivity index (χ0n) is 10.1. The van der Waals surface area contributed by atoms with E-state index in [0.717, 1.165) is 15.2 Å². The predicted octanol–water partition coefficient (Wildman–Crippen LogP) is 1.74. The van der Waals surface area contributed by atoms with Crippen LogP contribution in [0.3, 0.4) is 0 Å². The SMILES string of the molecule is COCCNC(=O)NCc1nc2ccccc2s1. The highest BCUT2D eigenvalue weighted by atomic mass is 32.1. The summed E-state index contributed by atoms with van der Waals surface area (Å²) in [5, 5.41) is 6.35. The van der Waals surface area contributed by atoms with Gasteiger partial charge in [0.2, 0.25) is 0 Å². The fraction of sp³-hybridized carbons (Fsp3) is 0.333. The maximum atomic E-state index is 11.4. The van der Waals surface area contributed by atoms with E-state index in [9.17, 15) is 4.79 Å². The number of hydrogen-bond acceptors (Lipinski definition) is 4. The van der Waals surface area contributed by atoms with Crippen molar-refractivity contribution in [2.75, 3.05) is 20.3 Å². The van der Waals surface area contributed by atoms with E-state index in [1.807, 2.05) is 24.3 Å². The van der Waals surface area contributed by atoms with Gasteiger partial charge in [0, 0.05) is 13.7 Å². The maximum Gasteiger partial charge on any atom is 0.315 e. The number of methoxy groups -OCH3 is 1. The summed E-state index contributed by atoms with van der Waals surface area (Å²) in [6.45, 7) is 1.45. The van der Waals surface area contributed by atoms with Crippen LogP contribution >= 0.6 is 11.3 Å². The van der Waals surface area contributed by atoms with E-state index >= 15 is 0 Å². The second kappa shape index (κ2) is 6.32. The smallest absolute Gasteiger partial charge is 0.315 e. The second-order valence-electron chi connectivity index (χ2n) is 3.68. The quantitative estimate of drug-likeness (QED) is 0.809. The number of urea groups is 1. The Balaban J connectivity index is 1.84. The molecule has 1 aromatic heterocycles. The Labute approximate surface area is 109 Å². The highest BCUT2D eigenvalue weighted by Crippen LogP contribution is 2.21. The van der Waals surface area contributed by atoms with E-state index in [0.29, 0.717) is 19.7 Å². The summed E-state index contributed by atoms with van der Waals surface area (Å²) < 4.78 is 5.98. The van der Waals surface area contributed by atoms with Crippen LogP contribution in [0.4, 0.5) is 4.79 Å². The van der Waals surface area contributed by atoms with Crippen LogP contribution in [0.2, 0.25) is 0 Å². The first-order chi connectivity index (χ1) is 8.79. The molecule has 0 atom stereocenters. The molecule has 0 unspecified atom stereocenters. The van der Waals surface area contributed by atoms with Crippen molar-refractivity contribution in [2.24, 2.45) is 0 Å². The molecule has 0 aliphatic carbocycles. The summed E-state index contributed by atoms with van der Waals surface area (Å²) in [4.78, 5) is 15.8. The Morgan fingerprint density at radius 2 is 2.22 bits per heavy atom. The topological polar surface area (TPSA) is 63.2 Å². The van der Waals surface area contributed by atoms with Crippen LogP contribution in [0.25, 0.3) is 10.2 Å². The number of ether oxygens (including phenoxy) is 1. The first kappa shape index (κ1) is 12.8. The molecule has 96 valence electrons. The number of carbonyl (C=O) groups excluding carboxylic acids is 1. The Morgan fingerprint density at radius 1 is 1.39 bits per heavy atom. The van der Waals surface area contributed by atoms with Gasteiger partial charge in [0.25, 0.3) is 0 Å². The molecule has 18 heavy (non-hydrogen) atoms. The van der Waals surface area contributed by atoms with Crippen LogP contribution in [0.1, 0.15) is 5.01 Å². The van der Waals surface area contributed by atoms with Crippen LogP contribution in [0, 0.1) is 0 Å². The summed E-state index contributed by atoms with van der Waals surface area (Å²) in [6, 6.07) is 7.72. The molecule has 0 aliphatic heterocycles. The molecule has 0 saturated heterocycles. The summed E-state index contributed by atoms with van der Waals surface area (Å²) >= 11 is 1.59. The van der Waals surface area contributed by atoms with E-state index in [4.69, 9.17) is 4.74 Å². The van der Waals surface area contributed by atoms with Gasteiger partial charge in [-0.3, -0.25) is 0 Å². The summed E-state index contributed by atoms with van der Waals surface area (Å²) in [7, 11) is 1.60. The van der Waals surface area contributed by atoms with Crippen molar-refractivity contribution in [2.45, 2.75) is 6.54 Å². The average molecular weight is 265 g/mol. The van der Waals surface area contributed by atoms with Gasteiger partial charge >= 0.3 is 6.03 Å². The van der Waals surface area contributed by atoms with E-state index in [-0.39, 0.29) is 6.03 Å². The molecular weight excluding hydrogens is 250 g/mol. The third-order valence-corrected chi connectivity index (χ3v) is 3.37. The number of amides is 2. The van der Waals surface area contributed by atoms with Crippen molar-refractivity contribution in [3.05, 3.63) is 29.3 Å². The molecule has 0 saturated carbocycles. The van der Waals surface area contributed by atoms with Crippen molar-refractivity contribution in [3.8, 4) is 0 Å². The van der Waals surface area contributed by atoms with Crippen LogP contribution in [0.15, 0.2) is 24.3 Å². The largest absolute Gasteiger partial charge is 0.383 e. The normalized spacial score (nSPS) is 10.5. The Hall–Kier alpha value is -1.66. The molecule has 0 aliphatic rings. The van der Waals surface area contributed by atoms with E-state index in [2.05, 4.69) is 15.6 Å². The number of carbonyl (C=O) groups is 1. The molecule has 0 bridgehead atoms. The molecule has 1 heterocycles. The number of aromatic nitrogens is 1. The number of nitrogens with zero attached hydrogens (tertiary/aromatic N) is 1. The molecule has 2 N–H and O–H groups in total. The molecule has 6 heteroatoms. The Bertz CT molecular complexity index is 494. The molecule has 1 aromatic carbocycles. The lowest BCUT2D eigenvalue weighted by Crippen LogP contribution is -2.36. The molecule has 2 aromatic rings. The maximum absolute atomic E-state index is 11.4. The Kier molecular flexibility index (Phi) is 4.49. The van der Waals surface area contributed by atoms with Crippen molar-refractivity contribution < 1.29 is 9.53 Å². The third kappa shape index (κ3) is 3.41. The standard InChI is InChI=1S/C12H15N3O2S/c1-17-7-6-13-12(16)14-8-11-15-9-4-2-3-5-10(9)18-11/h2-5H,6-8H2,1H3,(H2,13,14,16). The van der Waals surface area contributed by atoms with E-state index in [1.54, 1.807) is 18.4 Å². The lowest BCUT2D eigenvalue weighted by atomic mass is 10.3. The van der Waals surface area contributed by atoms with Gasteiger partial charge in [-0.2, -0.15) is 0 Å². The predicted molar refractivity (Wildman–Crippen MR) is 71.7 cm³/mol. The summed E-state index contributed by atoms with van der Waals surface area (Å²) in [5.74, 6) is 0. The van der Waals surface area contributed by atoms with E-state index in [1.165, 1.54) is 0 Å². The monoisotopic (exact) mass is 265 g/mol. The molecule has 2 rings (SSSR count). The van der Waals surface area contributed by atoms with Gasteiger partial charge in [-0.05, 0) is 12.1 Å². The number of fused-ring (bicyclic) bond motifs is 1. The summed E-state index contributed by atoms with van der Waals surface area (Å²) in [6.07, 6.45) is 0. The molecule has 0 radical (unpaired) electrons. The number of benzene rings is 1. The van der Waals surface area contributed by atoms with Gasteiger partial charge in [0.1, 0.15) is 5.01 Å². The number of thiazole rings is 1. The van der Waals surface area contributed by atoms with Crippen LogP contribution in [0.5, 0.6) is 0 Å². The lowest BCUT2D eigenvalue weighted by molar-refractivity contribution is 0.196. The lowest BCUT2D eigenvalue weighted by Gasteiger charge is -2.05. The average Bonchev–Trinajstić information content (AvgIpc) is 2.79. The van der Waals surface area contributed by atoms with Gasteiger partial charge in [0.05, 0.1) is 23.4 Å². The van der Waals surface area contributed by atoms with Crippen LogP contribution < -0.4 is 10.6 Å². The minimum atomic E-state index is -0.202. The summed E-state index contributed by atoms with van der Waals surface area (Å²) in [5.41, 5.74) is 0.971. The molecule has 5 nitrogen and oxygen atoms in total. The number of hydrogen-bond donors (Lipinski definition) is 2. The first-order valence-corrected chi connectivity index (χ1v) is 6.46. The number of para-hydroxylation sites is 1. The van der Waals surface area contributed by atoms with Crippen molar-refractivity contribution in [3.63, 3.8) is 0 Å². The van der Waals surface area contributed by atoms with Crippen molar-refractivity contribution in [1.82, 2.24) is 15.6 Å². The van der Waals surface area contributed by atoms with Crippen molar-refractivity contribution in [1.29, 1.82) is 0 Å².